The summed E-state index contributed by atoms with van der Waals surface area (Å²) in [6.07, 6.45) is -0.333. The summed E-state index contributed by atoms with van der Waals surface area (Å²) in [5.74, 6) is 0.663. The molecule has 2 atom stereocenters. The first-order valence-electron chi connectivity index (χ1n) is 7.65. The van der Waals surface area contributed by atoms with Crippen molar-refractivity contribution in [2.45, 2.75) is 25.2 Å². The molecule has 7 nitrogen and oxygen atoms in total. The third-order valence-corrected chi connectivity index (χ3v) is 4.17. The predicted molar refractivity (Wildman–Crippen MR) is 89.5 cm³/mol. The van der Waals surface area contributed by atoms with Gasteiger partial charge in [0, 0.05) is 36.4 Å². The van der Waals surface area contributed by atoms with Crippen LogP contribution in [0.2, 0.25) is 5.02 Å². The number of nitrogens with zero attached hydrogens (tertiary/aromatic N) is 1. The van der Waals surface area contributed by atoms with Crippen molar-refractivity contribution in [1.82, 2.24) is 14.9 Å². The average Bonchev–Trinajstić information content (AvgIpc) is 2.51. The van der Waals surface area contributed by atoms with Crippen LogP contribution in [0.25, 0.3) is 0 Å². The average molecular weight is 352 g/mol. The van der Waals surface area contributed by atoms with Gasteiger partial charge in [0.05, 0.1) is 0 Å². The first-order valence-corrected chi connectivity index (χ1v) is 8.02. The van der Waals surface area contributed by atoms with Crippen LogP contribution in [0.1, 0.15) is 12.1 Å². The summed E-state index contributed by atoms with van der Waals surface area (Å²) in [4.78, 5) is 29.3. The van der Waals surface area contributed by atoms with E-state index in [4.69, 9.17) is 16.3 Å². The number of nitrogens with one attached hydrogen (secondary N) is 2. The number of aromatic nitrogens is 2. The minimum absolute atomic E-state index is 0.305. The molecule has 1 aliphatic rings. The Hall–Kier alpha value is -2.09. The molecule has 0 bridgehead atoms. The first kappa shape index (κ1) is 16.8. The van der Waals surface area contributed by atoms with Crippen LogP contribution in [0.5, 0.6) is 5.75 Å². The van der Waals surface area contributed by atoms with Crippen molar-refractivity contribution in [3.05, 3.63) is 61.9 Å². The number of ether oxygens (including phenoxy) is 1. The summed E-state index contributed by atoms with van der Waals surface area (Å²) in [7, 11) is 0. The molecule has 1 fully saturated rings. The van der Waals surface area contributed by atoms with Gasteiger partial charge in [-0.05, 0) is 30.7 Å². The fourth-order valence-corrected chi connectivity index (χ4v) is 2.92. The van der Waals surface area contributed by atoms with E-state index in [9.17, 15) is 14.7 Å². The zero-order valence-electron chi connectivity index (χ0n) is 12.9. The second-order valence-corrected chi connectivity index (χ2v) is 6.25. The number of likely N-dealkylation sites (tertiary alicyclic amines) is 1. The Morgan fingerprint density at radius 2 is 2.00 bits per heavy atom. The van der Waals surface area contributed by atoms with Crippen molar-refractivity contribution in [3.63, 3.8) is 0 Å². The SMILES string of the molecule is O=c1cc(CN2CC[C@@H](Oc3ccc(Cl)cc3)[C@H](O)C2)[nH]c(=O)[nH]1. The largest absolute Gasteiger partial charge is 0.488 e. The van der Waals surface area contributed by atoms with Crippen molar-refractivity contribution in [1.29, 1.82) is 0 Å². The van der Waals surface area contributed by atoms with Crippen LogP contribution in [-0.4, -0.2) is 45.3 Å². The van der Waals surface area contributed by atoms with Gasteiger partial charge in [0.25, 0.3) is 5.56 Å². The molecule has 2 aromatic rings. The number of rotatable bonds is 4. The number of aliphatic hydroxyl groups excluding tert-OH is 1. The molecule has 3 N–H and O–H groups in total. The maximum atomic E-state index is 11.3. The molecule has 1 aromatic carbocycles. The number of halogens is 1. The number of piperidine rings is 1. The fraction of sp³-hybridized carbons (Fsp3) is 0.375. The van der Waals surface area contributed by atoms with E-state index in [-0.39, 0.29) is 6.10 Å². The number of aromatic amines is 2. The number of aliphatic hydroxyl groups is 1. The van der Waals surface area contributed by atoms with Gasteiger partial charge in [-0.3, -0.25) is 14.7 Å². The Morgan fingerprint density at radius 3 is 2.67 bits per heavy atom. The van der Waals surface area contributed by atoms with Gasteiger partial charge >= 0.3 is 5.69 Å². The summed E-state index contributed by atoms with van der Waals surface area (Å²) in [5.41, 5.74) is -0.442. The summed E-state index contributed by atoms with van der Waals surface area (Å²) in [5, 5.41) is 10.9. The molecule has 128 valence electrons. The molecule has 2 heterocycles. The van der Waals surface area contributed by atoms with Crippen LogP contribution in [0, 0.1) is 0 Å². The van der Waals surface area contributed by atoms with Gasteiger partial charge < -0.3 is 14.8 Å². The van der Waals surface area contributed by atoms with Gasteiger partial charge in [-0.25, -0.2) is 4.79 Å². The summed E-state index contributed by atoms with van der Waals surface area (Å²) < 4.78 is 5.81. The quantitative estimate of drug-likeness (QED) is 0.754. The lowest BCUT2D eigenvalue weighted by atomic mass is 10.0. The number of β-amino-alcohol motifs (C(OH)–C–C–N with tert-alkyl or cyclic N) is 1. The van der Waals surface area contributed by atoms with Crippen LogP contribution >= 0.6 is 11.6 Å². The highest BCUT2D eigenvalue weighted by Crippen LogP contribution is 2.21. The maximum Gasteiger partial charge on any atom is 0.325 e. The minimum atomic E-state index is -0.664. The van der Waals surface area contributed by atoms with E-state index in [1.165, 1.54) is 6.07 Å². The number of hydrogen-bond acceptors (Lipinski definition) is 5. The van der Waals surface area contributed by atoms with Gasteiger partial charge in [-0.2, -0.15) is 0 Å². The monoisotopic (exact) mass is 351 g/mol. The zero-order chi connectivity index (χ0) is 17.1. The van der Waals surface area contributed by atoms with Crippen LogP contribution in [0.3, 0.4) is 0 Å². The standard InChI is InChI=1S/C16H18ClN3O4/c17-10-1-3-12(4-2-10)24-14-5-6-20(9-13(14)21)8-11-7-15(22)19-16(23)18-11/h1-4,7,13-14,21H,5-6,8-9H2,(H2,18,19,22,23)/t13-,14-/m1/s1. The Labute approximate surface area is 142 Å². The Balaban J connectivity index is 1.59. The molecule has 0 spiro atoms. The molecule has 3 rings (SSSR count). The lowest BCUT2D eigenvalue weighted by molar-refractivity contribution is -0.0278. The molecule has 0 amide bonds. The van der Waals surface area contributed by atoms with E-state index in [2.05, 4.69) is 9.97 Å². The third-order valence-electron chi connectivity index (χ3n) is 3.92. The molecule has 0 unspecified atom stereocenters. The first-order chi connectivity index (χ1) is 11.5. The third kappa shape index (κ3) is 4.25. The van der Waals surface area contributed by atoms with Crippen LogP contribution < -0.4 is 16.0 Å². The number of H-pyrrole nitrogens is 2. The second kappa shape index (κ2) is 7.21. The lowest BCUT2D eigenvalue weighted by Crippen LogP contribution is -2.48. The van der Waals surface area contributed by atoms with Gasteiger partial charge in [-0.1, -0.05) is 11.6 Å². The van der Waals surface area contributed by atoms with E-state index < -0.39 is 17.4 Å². The van der Waals surface area contributed by atoms with Crippen molar-refractivity contribution < 1.29 is 9.84 Å². The summed E-state index contributed by atoms with van der Waals surface area (Å²) in [6.45, 7) is 1.47. The predicted octanol–water partition coefficient (Wildman–Crippen LogP) is 0.731. The molecule has 1 saturated heterocycles. The lowest BCUT2D eigenvalue weighted by Gasteiger charge is -2.35. The molecule has 1 aromatic heterocycles. The van der Waals surface area contributed by atoms with Crippen molar-refractivity contribution >= 4 is 11.6 Å². The highest BCUT2D eigenvalue weighted by molar-refractivity contribution is 6.30. The maximum absolute atomic E-state index is 11.3. The second-order valence-electron chi connectivity index (χ2n) is 5.81. The molecule has 0 aliphatic carbocycles. The number of hydrogen-bond donors (Lipinski definition) is 3. The molecule has 0 saturated carbocycles. The highest BCUT2D eigenvalue weighted by Gasteiger charge is 2.29. The van der Waals surface area contributed by atoms with Gasteiger partial charge in [0.15, 0.2) is 0 Å². The van der Waals surface area contributed by atoms with Crippen LogP contribution in [-0.2, 0) is 6.54 Å². The fourth-order valence-electron chi connectivity index (χ4n) is 2.79. The van der Waals surface area contributed by atoms with Crippen molar-refractivity contribution in [2.24, 2.45) is 0 Å². The van der Waals surface area contributed by atoms with Gasteiger partial charge in [-0.15, -0.1) is 0 Å². The molecule has 0 radical (unpaired) electrons. The molecular formula is C16H18ClN3O4. The topological polar surface area (TPSA) is 98.4 Å². The summed E-state index contributed by atoms with van der Waals surface area (Å²) >= 11 is 5.84. The van der Waals surface area contributed by atoms with Gasteiger partial charge in [0.2, 0.25) is 0 Å². The van der Waals surface area contributed by atoms with E-state index in [1.807, 2.05) is 4.90 Å². The van der Waals surface area contributed by atoms with Gasteiger partial charge in [0.1, 0.15) is 18.0 Å². The molecule has 8 heteroatoms. The Kier molecular flexibility index (Phi) is 5.03. The highest BCUT2D eigenvalue weighted by atomic mass is 35.5. The van der Waals surface area contributed by atoms with Crippen LogP contribution in [0.4, 0.5) is 0 Å². The summed E-state index contributed by atoms with van der Waals surface area (Å²) in [6, 6.07) is 8.36. The number of benzene rings is 1. The Morgan fingerprint density at radius 1 is 1.25 bits per heavy atom. The van der Waals surface area contributed by atoms with E-state index in [1.54, 1.807) is 24.3 Å². The van der Waals surface area contributed by atoms with E-state index in [0.29, 0.717) is 42.5 Å². The van der Waals surface area contributed by atoms with E-state index in [0.717, 1.165) is 0 Å². The smallest absolute Gasteiger partial charge is 0.325 e. The molecule has 1 aliphatic heterocycles. The minimum Gasteiger partial charge on any atom is -0.488 e. The molecule has 24 heavy (non-hydrogen) atoms. The Bertz CT molecular complexity index is 774. The normalized spacial score (nSPS) is 21.6. The van der Waals surface area contributed by atoms with E-state index >= 15 is 0 Å². The zero-order valence-corrected chi connectivity index (χ0v) is 13.6. The van der Waals surface area contributed by atoms with Crippen molar-refractivity contribution in [3.8, 4) is 5.75 Å². The van der Waals surface area contributed by atoms with Crippen LogP contribution in [0.15, 0.2) is 39.9 Å². The molecular weight excluding hydrogens is 334 g/mol. The van der Waals surface area contributed by atoms with Crippen molar-refractivity contribution in [2.75, 3.05) is 13.1 Å².